The molecule has 0 saturated heterocycles. The van der Waals surface area contributed by atoms with Crippen LogP contribution in [0.2, 0.25) is 0 Å². The molecule has 0 aliphatic carbocycles. The number of aryl methyl sites for hydroxylation is 1. The van der Waals surface area contributed by atoms with Crippen molar-refractivity contribution in [3.63, 3.8) is 0 Å². The molecule has 0 spiro atoms. The zero-order valence-corrected chi connectivity index (χ0v) is 10.7. The van der Waals surface area contributed by atoms with Crippen LogP contribution in [0.15, 0.2) is 29.6 Å². The van der Waals surface area contributed by atoms with E-state index in [1.54, 1.807) is 11.3 Å². The predicted molar refractivity (Wildman–Crippen MR) is 69.2 cm³/mol. The van der Waals surface area contributed by atoms with E-state index in [9.17, 15) is 8.78 Å². The van der Waals surface area contributed by atoms with Crippen molar-refractivity contribution in [1.29, 1.82) is 0 Å². The normalized spacial score (nSPS) is 12.7. The Morgan fingerprint density at radius 3 is 2.44 bits per heavy atom. The summed E-state index contributed by atoms with van der Waals surface area (Å²) < 4.78 is 26.2. The number of benzene rings is 1. The highest BCUT2D eigenvalue weighted by molar-refractivity contribution is 7.10. The fourth-order valence-electron chi connectivity index (χ4n) is 1.93. The van der Waals surface area contributed by atoms with Gasteiger partial charge in [-0.15, -0.1) is 11.3 Å². The van der Waals surface area contributed by atoms with Crippen molar-refractivity contribution in [3.8, 4) is 0 Å². The molecule has 3 N–H and O–H groups in total. The van der Waals surface area contributed by atoms with Crippen molar-refractivity contribution >= 4 is 11.3 Å². The summed E-state index contributed by atoms with van der Waals surface area (Å²) in [5.74, 6) is 4.39. The van der Waals surface area contributed by atoms with Gasteiger partial charge in [-0.3, -0.25) is 11.3 Å². The Kier molecular flexibility index (Phi) is 4.06. The van der Waals surface area contributed by atoms with Crippen LogP contribution in [0, 0.1) is 18.6 Å². The summed E-state index contributed by atoms with van der Waals surface area (Å²) in [4.78, 5) is 1.09. The van der Waals surface area contributed by atoms with Gasteiger partial charge in [-0.1, -0.05) is 0 Å². The van der Waals surface area contributed by atoms with Gasteiger partial charge in [0.1, 0.15) is 11.6 Å². The second-order valence-corrected chi connectivity index (χ2v) is 5.12. The summed E-state index contributed by atoms with van der Waals surface area (Å²) in [6, 6.07) is 5.39. The maximum absolute atomic E-state index is 13.1. The molecular weight excluding hydrogens is 254 g/mol. The van der Waals surface area contributed by atoms with Crippen LogP contribution in [0.3, 0.4) is 0 Å². The molecule has 0 fully saturated rings. The van der Waals surface area contributed by atoms with Gasteiger partial charge in [-0.25, -0.2) is 8.78 Å². The quantitative estimate of drug-likeness (QED) is 0.660. The summed E-state index contributed by atoms with van der Waals surface area (Å²) in [5, 5.41) is 1.97. The molecule has 0 aliphatic rings. The van der Waals surface area contributed by atoms with Crippen LogP contribution in [0.25, 0.3) is 0 Å². The Morgan fingerprint density at radius 1 is 1.28 bits per heavy atom. The number of nitrogens with two attached hydrogens (primary N) is 1. The zero-order valence-electron chi connectivity index (χ0n) is 9.91. The van der Waals surface area contributed by atoms with Gasteiger partial charge < -0.3 is 0 Å². The second-order valence-electron chi connectivity index (χ2n) is 4.17. The van der Waals surface area contributed by atoms with E-state index in [-0.39, 0.29) is 6.04 Å². The van der Waals surface area contributed by atoms with E-state index in [0.717, 1.165) is 16.5 Å². The van der Waals surface area contributed by atoms with Crippen LogP contribution < -0.4 is 11.3 Å². The highest BCUT2D eigenvalue weighted by Gasteiger charge is 2.15. The van der Waals surface area contributed by atoms with Crippen LogP contribution in [-0.4, -0.2) is 0 Å². The Hall–Kier alpha value is -1.30. The van der Waals surface area contributed by atoms with E-state index in [2.05, 4.69) is 5.43 Å². The lowest BCUT2D eigenvalue weighted by atomic mass is 10.0. The molecule has 0 radical (unpaired) electrons. The van der Waals surface area contributed by atoms with Crippen LogP contribution in [0.4, 0.5) is 8.78 Å². The molecule has 0 amide bonds. The van der Waals surface area contributed by atoms with Crippen molar-refractivity contribution in [2.75, 3.05) is 0 Å². The number of hydrazine groups is 1. The molecule has 2 aromatic rings. The summed E-state index contributed by atoms with van der Waals surface area (Å²) >= 11 is 1.58. The van der Waals surface area contributed by atoms with Gasteiger partial charge in [0.15, 0.2) is 0 Å². The molecule has 18 heavy (non-hydrogen) atoms. The lowest BCUT2D eigenvalue weighted by Crippen LogP contribution is -2.29. The molecule has 1 atom stereocenters. The molecule has 0 aliphatic heterocycles. The van der Waals surface area contributed by atoms with Crippen molar-refractivity contribution in [1.82, 2.24) is 5.43 Å². The molecular formula is C13H14F2N2S. The molecule has 5 heteroatoms. The van der Waals surface area contributed by atoms with Gasteiger partial charge in [0.2, 0.25) is 0 Å². The van der Waals surface area contributed by atoms with Crippen LogP contribution >= 0.6 is 11.3 Å². The molecule has 1 heterocycles. The van der Waals surface area contributed by atoms with E-state index in [1.807, 2.05) is 18.4 Å². The topological polar surface area (TPSA) is 38.0 Å². The number of halogens is 2. The first-order chi connectivity index (χ1) is 8.60. The van der Waals surface area contributed by atoms with Crippen molar-refractivity contribution in [3.05, 3.63) is 57.3 Å². The molecule has 96 valence electrons. The van der Waals surface area contributed by atoms with E-state index < -0.39 is 11.6 Å². The summed E-state index contributed by atoms with van der Waals surface area (Å²) in [6.07, 6.45) is 0.451. The van der Waals surface area contributed by atoms with Crippen LogP contribution in [0.5, 0.6) is 0 Å². The number of thiophene rings is 1. The molecule has 1 aromatic carbocycles. The number of hydrogen-bond acceptors (Lipinski definition) is 3. The third kappa shape index (κ3) is 2.93. The molecule has 2 nitrogen and oxygen atoms in total. The van der Waals surface area contributed by atoms with E-state index in [1.165, 1.54) is 12.1 Å². The summed E-state index contributed by atoms with van der Waals surface area (Å²) in [6.45, 7) is 1.99. The van der Waals surface area contributed by atoms with Gasteiger partial charge in [-0.2, -0.15) is 0 Å². The maximum atomic E-state index is 13.1. The highest BCUT2D eigenvalue weighted by Crippen LogP contribution is 2.26. The summed E-state index contributed by atoms with van der Waals surface area (Å²) in [7, 11) is 0. The molecule has 0 bridgehead atoms. The second kappa shape index (κ2) is 5.56. The van der Waals surface area contributed by atoms with Crippen molar-refractivity contribution in [2.24, 2.45) is 5.84 Å². The largest absolute Gasteiger partial charge is 0.271 e. The van der Waals surface area contributed by atoms with E-state index >= 15 is 0 Å². The smallest absolute Gasteiger partial charge is 0.126 e. The Labute approximate surface area is 108 Å². The average molecular weight is 268 g/mol. The number of rotatable bonds is 4. The van der Waals surface area contributed by atoms with Crippen molar-refractivity contribution in [2.45, 2.75) is 19.4 Å². The lowest BCUT2D eigenvalue weighted by molar-refractivity contribution is 0.545. The third-order valence-electron chi connectivity index (χ3n) is 2.78. The molecule has 0 saturated carbocycles. The van der Waals surface area contributed by atoms with Crippen LogP contribution in [-0.2, 0) is 6.42 Å². The fraction of sp³-hybridized carbons (Fsp3) is 0.231. The van der Waals surface area contributed by atoms with E-state index in [4.69, 9.17) is 5.84 Å². The maximum Gasteiger partial charge on any atom is 0.126 e. The first kappa shape index (κ1) is 13.1. The first-order valence-electron chi connectivity index (χ1n) is 5.55. The van der Waals surface area contributed by atoms with E-state index in [0.29, 0.717) is 12.0 Å². The fourth-order valence-corrected chi connectivity index (χ4v) is 2.92. The summed E-state index contributed by atoms with van der Waals surface area (Å²) in [5.41, 5.74) is 4.41. The predicted octanol–water partition coefficient (Wildman–Crippen LogP) is 3.08. The Balaban J connectivity index is 2.23. The third-order valence-corrected chi connectivity index (χ3v) is 3.91. The monoisotopic (exact) mass is 268 g/mol. The Bertz CT molecular complexity index is 519. The Morgan fingerprint density at radius 2 is 1.94 bits per heavy atom. The SMILES string of the molecule is Cc1ccsc1C(Cc1cc(F)cc(F)c1)NN. The average Bonchev–Trinajstić information content (AvgIpc) is 2.71. The zero-order chi connectivity index (χ0) is 13.1. The van der Waals surface area contributed by atoms with Gasteiger partial charge in [0, 0.05) is 10.9 Å². The molecule has 2 rings (SSSR count). The van der Waals surface area contributed by atoms with Gasteiger partial charge >= 0.3 is 0 Å². The van der Waals surface area contributed by atoms with Crippen LogP contribution in [0.1, 0.15) is 22.0 Å². The highest BCUT2D eigenvalue weighted by atomic mass is 32.1. The minimum atomic E-state index is -0.566. The minimum absolute atomic E-state index is 0.133. The van der Waals surface area contributed by atoms with Gasteiger partial charge in [0.25, 0.3) is 0 Å². The van der Waals surface area contributed by atoms with Gasteiger partial charge in [0.05, 0.1) is 6.04 Å². The molecule has 1 aromatic heterocycles. The van der Waals surface area contributed by atoms with Crippen molar-refractivity contribution < 1.29 is 8.78 Å². The van der Waals surface area contributed by atoms with Gasteiger partial charge in [-0.05, 0) is 48.1 Å². The first-order valence-corrected chi connectivity index (χ1v) is 6.43. The number of nitrogens with one attached hydrogen (secondary N) is 1. The minimum Gasteiger partial charge on any atom is -0.271 e. The number of hydrogen-bond donors (Lipinski definition) is 2. The lowest BCUT2D eigenvalue weighted by Gasteiger charge is -2.15. The molecule has 1 unspecified atom stereocenters. The standard InChI is InChI=1S/C13H14F2N2S/c1-8-2-3-18-13(8)12(17-16)6-9-4-10(14)7-11(15)5-9/h2-5,7,12,17H,6,16H2,1H3.